The van der Waals surface area contributed by atoms with E-state index in [9.17, 15) is 14.4 Å². The van der Waals surface area contributed by atoms with Crippen molar-refractivity contribution in [3.05, 3.63) is 85.1 Å². The molecule has 0 spiro atoms. The second kappa shape index (κ2) is 71.1. The van der Waals surface area contributed by atoms with Gasteiger partial charge in [0.2, 0.25) is 0 Å². The van der Waals surface area contributed by atoms with E-state index in [0.29, 0.717) is 19.3 Å². The fraction of sp³-hybridized carbons (Fsp3) is 0.779. The highest BCUT2D eigenvalue weighted by Crippen LogP contribution is 2.18. The molecule has 0 saturated heterocycles. The van der Waals surface area contributed by atoms with Crippen LogP contribution in [0.15, 0.2) is 85.1 Å². The van der Waals surface area contributed by atoms with E-state index in [4.69, 9.17) is 14.2 Å². The van der Waals surface area contributed by atoms with Gasteiger partial charge in [0.15, 0.2) is 6.10 Å². The van der Waals surface area contributed by atoms with Gasteiger partial charge in [0, 0.05) is 19.3 Å². The maximum absolute atomic E-state index is 12.9. The van der Waals surface area contributed by atoms with E-state index >= 15 is 0 Å². The quantitative estimate of drug-likeness (QED) is 0.0261. The van der Waals surface area contributed by atoms with E-state index in [1.165, 1.54) is 225 Å². The van der Waals surface area contributed by atoms with Crippen molar-refractivity contribution in [3.8, 4) is 0 Å². The van der Waals surface area contributed by atoms with Gasteiger partial charge in [-0.1, -0.05) is 337 Å². The van der Waals surface area contributed by atoms with Crippen LogP contribution in [0.2, 0.25) is 0 Å². The molecule has 0 bridgehead atoms. The lowest BCUT2D eigenvalue weighted by atomic mass is 10.0. The number of esters is 3. The lowest BCUT2D eigenvalue weighted by Crippen LogP contribution is -2.30. The Bertz CT molecular complexity index is 1570. The summed E-state index contributed by atoms with van der Waals surface area (Å²) in [6, 6.07) is 0. The van der Waals surface area contributed by atoms with Crippen LogP contribution < -0.4 is 0 Å². The first-order valence-corrected chi connectivity index (χ1v) is 36.1. The Balaban J connectivity index is 3.94. The highest BCUT2D eigenvalue weighted by Gasteiger charge is 2.19. The van der Waals surface area contributed by atoms with Gasteiger partial charge in [0.1, 0.15) is 13.2 Å². The highest BCUT2D eigenvalue weighted by atomic mass is 16.6. The highest BCUT2D eigenvalue weighted by molar-refractivity contribution is 5.71. The standard InChI is InChI=1S/C77H136O6/c1-4-7-10-13-15-17-19-21-23-25-27-29-31-33-35-37-38-40-41-43-45-47-49-51-53-55-57-59-61-64-67-70-76(79)82-73-74(72-81-75(78)69-66-63-12-9-6-3)83-77(80)71-68-65-62-60-58-56-54-52-50-48-46-44-42-39-36-34-32-30-28-26-24-22-20-18-16-14-11-8-5-2/h7,10,15,17,20-23,26-29,33,35,74H,4-6,8-9,11-14,16,18-19,24-25,30-32,34,36-73H2,1-3H3/b10-7-,17-15-,22-20-,23-21-,28-26-,29-27-,35-33-. The lowest BCUT2D eigenvalue weighted by Gasteiger charge is -2.18. The van der Waals surface area contributed by atoms with Crippen molar-refractivity contribution >= 4 is 17.9 Å². The number of rotatable bonds is 66. The first-order valence-electron chi connectivity index (χ1n) is 36.1. The van der Waals surface area contributed by atoms with Crippen molar-refractivity contribution in [1.82, 2.24) is 0 Å². The molecule has 0 fully saturated rings. The first kappa shape index (κ1) is 79.6. The average molecular weight is 1160 g/mol. The molecule has 0 amide bonds. The maximum Gasteiger partial charge on any atom is 0.306 e. The monoisotopic (exact) mass is 1160 g/mol. The molecular formula is C77H136O6. The van der Waals surface area contributed by atoms with Crippen molar-refractivity contribution < 1.29 is 28.6 Å². The summed E-state index contributed by atoms with van der Waals surface area (Å²) in [7, 11) is 0. The van der Waals surface area contributed by atoms with Crippen molar-refractivity contribution in [2.75, 3.05) is 13.2 Å². The zero-order valence-electron chi connectivity index (χ0n) is 55.2. The van der Waals surface area contributed by atoms with Crippen LogP contribution in [-0.2, 0) is 28.6 Å². The molecular weight excluding hydrogens is 1020 g/mol. The van der Waals surface area contributed by atoms with Gasteiger partial charge in [-0.3, -0.25) is 14.4 Å². The number of carbonyl (C=O) groups is 3. The Kier molecular flexibility index (Phi) is 68.2. The zero-order chi connectivity index (χ0) is 59.9. The molecule has 0 aromatic heterocycles. The molecule has 1 atom stereocenters. The second-order valence-corrected chi connectivity index (χ2v) is 24.1. The van der Waals surface area contributed by atoms with Crippen LogP contribution >= 0.6 is 0 Å². The number of hydrogen-bond acceptors (Lipinski definition) is 6. The summed E-state index contributed by atoms with van der Waals surface area (Å²) in [4.78, 5) is 38.1. The van der Waals surface area contributed by atoms with Crippen molar-refractivity contribution in [1.29, 1.82) is 0 Å². The van der Waals surface area contributed by atoms with E-state index in [-0.39, 0.29) is 31.1 Å². The summed E-state index contributed by atoms with van der Waals surface area (Å²) < 4.78 is 16.8. The van der Waals surface area contributed by atoms with Crippen LogP contribution in [0, 0.1) is 0 Å². The minimum absolute atomic E-state index is 0.0721. The van der Waals surface area contributed by atoms with Crippen LogP contribution in [0.25, 0.3) is 0 Å². The first-order chi connectivity index (χ1) is 41.0. The summed E-state index contributed by atoms with van der Waals surface area (Å²) in [5.41, 5.74) is 0. The van der Waals surface area contributed by atoms with Gasteiger partial charge in [-0.05, 0) is 96.3 Å². The van der Waals surface area contributed by atoms with Gasteiger partial charge in [-0.25, -0.2) is 0 Å². The molecule has 0 aromatic carbocycles. The van der Waals surface area contributed by atoms with Gasteiger partial charge < -0.3 is 14.2 Å². The number of allylic oxidation sites excluding steroid dienone is 14. The van der Waals surface area contributed by atoms with E-state index in [1.807, 2.05) is 0 Å². The molecule has 0 saturated carbocycles. The summed E-state index contributed by atoms with van der Waals surface area (Å²) in [6.45, 7) is 6.48. The molecule has 0 aromatic rings. The molecule has 6 heteroatoms. The number of carbonyl (C=O) groups excluding carboxylic acids is 3. The number of ether oxygens (including phenoxy) is 3. The third kappa shape index (κ3) is 69.3. The van der Waals surface area contributed by atoms with Crippen molar-refractivity contribution in [2.24, 2.45) is 0 Å². The Morgan fingerprint density at radius 2 is 0.470 bits per heavy atom. The number of unbranched alkanes of at least 4 members (excludes halogenated alkanes) is 41. The van der Waals surface area contributed by atoms with E-state index < -0.39 is 6.10 Å². The largest absolute Gasteiger partial charge is 0.462 e. The van der Waals surface area contributed by atoms with Gasteiger partial charge in [0.05, 0.1) is 0 Å². The second-order valence-electron chi connectivity index (χ2n) is 24.1. The Hall–Kier alpha value is -3.41. The average Bonchev–Trinajstić information content (AvgIpc) is 3.49. The van der Waals surface area contributed by atoms with Crippen LogP contribution in [0.1, 0.15) is 367 Å². The summed E-state index contributed by atoms with van der Waals surface area (Å²) in [5, 5.41) is 0. The van der Waals surface area contributed by atoms with Gasteiger partial charge >= 0.3 is 17.9 Å². The van der Waals surface area contributed by atoms with Gasteiger partial charge in [-0.15, -0.1) is 0 Å². The maximum atomic E-state index is 12.9. The lowest BCUT2D eigenvalue weighted by molar-refractivity contribution is -0.167. The normalized spacial score (nSPS) is 12.6. The SMILES string of the molecule is CC/C=C\C/C=C\C/C=C\C/C=C\C/C=C\CCCCCCCCCCCCCCCCCC(=O)OCC(COC(=O)CCCCCCC)OC(=O)CCCCCCCCCCCCCCCCCCC/C=C\C/C=C\CCCCCCC. The molecule has 0 aliphatic heterocycles. The van der Waals surface area contributed by atoms with Gasteiger partial charge in [-0.2, -0.15) is 0 Å². The number of hydrogen-bond donors (Lipinski definition) is 0. The van der Waals surface area contributed by atoms with E-state index in [0.717, 1.165) is 103 Å². The van der Waals surface area contributed by atoms with Crippen molar-refractivity contribution in [2.45, 2.75) is 374 Å². The smallest absolute Gasteiger partial charge is 0.306 e. The van der Waals surface area contributed by atoms with Crippen molar-refractivity contribution in [3.63, 3.8) is 0 Å². The Morgan fingerprint density at radius 1 is 0.253 bits per heavy atom. The van der Waals surface area contributed by atoms with Crippen LogP contribution in [0.4, 0.5) is 0 Å². The predicted octanol–water partition coefficient (Wildman–Crippen LogP) is 25.0. The Labute approximate surface area is 515 Å². The fourth-order valence-corrected chi connectivity index (χ4v) is 10.5. The van der Waals surface area contributed by atoms with Crippen LogP contribution in [0.3, 0.4) is 0 Å². The third-order valence-electron chi connectivity index (χ3n) is 15.9. The van der Waals surface area contributed by atoms with Gasteiger partial charge in [0.25, 0.3) is 0 Å². The van der Waals surface area contributed by atoms with E-state index in [2.05, 4.69) is 106 Å². The molecule has 83 heavy (non-hydrogen) atoms. The minimum Gasteiger partial charge on any atom is -0.462 e. The molecule has 480 valence electrons. The summed E-state index contributed by atoms with van der Waals surface area (Å²) >= 11 is 0. The fourth-order valence-electron chi connectivity index (χ4n) is 10.5. The molecule has 0 heterocycles. The van der Waals surface area contributed by atoms with E-state index in [1.54, 1.807) is 0 Å². The molecule has 1 unspecified atom stereocenters. The van der Waals surface area contributed by atoms with Crippen LogP contribution in [0.5, 0.6) is 0 Å². The Morgan fingerprint density at radius 3 is 0.735 bits per heavy atom. The molecule has 0 rings (SSSR count). The zero-order valence-corrected chi connectivity index (χ0v) is 55.2. The van der Waals surface area contributed by atoms with Crippen LogP contribution in [-0.4, -0.2) is 37.2 Å². The molecule has 0 aliphatic rings. The predicted molar refractivity (Wildman–Crippen MR) is 362 cm³/mol. The molecule has 0 aliphatic carbocycles. The molecule has 0 N–H and O–H groups in total. The topological polar surface area (TPSA) is 78.9 Å². The minimum atomic E-state index is -0.771. The summed E-state index contributed by atoms with van der Waals surface area (Å²) in [6.07, 6.45) is 95.3. The molecule has 6 nitrogen and oxygen atoms in total. The molecule has 0 radical (unpaired) electrons. The third-order valence-corrected chi connectivity index (χ3v) is 15.9. The summed E-state index contributed by atoms with van der Waals surface area (Å²) in [5.74, 6) is -0.868.